The van der Waals surface area contributed by atoms with Gasteiger partial charge in [0.15, 0.2) is 0 Å². The van der Waals surface area contributed by atoms with Crippen LogP contribution >= 0.6 is 11.6 Å². The summed E-state index contributed by atoms with van der Waals surface area (Å²) in [7, 11) is 3.76. The number of hydrogen-bond donors (Lipinski definition) is 1. The lowest BCUT2D eigenvalue weighted by Gasteiger charge is -2.12. The zero-order valence-corrected chi connectivity index (χ0v) is 7.26. The van der Waals surface area contributed by atoms with E-state index in [1.165, 1.54) is 0 Å². The molecule has 4 heteroatoms. The normalized spacial score (nSPS) is 9.73. The molecule has 1 aromatic rings. The molecule has 0 bridgehead atoms. The average molecular weight is 172 g/mol. The summed E-state index contributed by atoms with van der Waals surface area (Å²) in [4.78, 5) is 5.88. The Morgan fingerprint density at radius 3 is 2.64 bits per heavy atom. The van der Waals surface area contributed by atoms with Gasteiger partial charge < -0.3 is 10.6 Å². The van der Waals surface area contributed by atoms with Crippen LogP contribution in [0.3, 0.4) is 0 Å². The van der Waals surface area contributed by atoms with E-state index in [9.17, 15) is 0 Å². The van der Waals surface area contributed by atoms with Gasteiger partial charge in [-0.25, -0.2) is 4.98 Å². The van der Waals surface area contributed by atoms with E-state index in [1.807, 2.05) is 19.0 Å². The van der Waals surface area contributed by atoms with Gasteiger partial charge in [-0.05, 0) is 6.07 Å². The van der Waals surface area contributed by atoms with E-state index in [0.29, 0.717) is 10.7 Å². The molecule has 0 aliphatic carbocycles. The summed E-state index contributed by atoms with van der Waals surface area (Å²) in [5.74, 6) is 0.737. The number of nitrogens with zero attached hydrogens (tertiary/aromatic N) is 2. The summed E-state index contributed by atoms with van der Waals surface area (Å²) in [6, 6.07) is 1.68. The maximum atomic E-state index is 5.84. The monoisotopic (exact) mass is 171 g/mol. The Balaban J connectivity index is 3.09. The molecule has 1 heterocycles. The lowest BCUT2D eigenvalue weighted by molar-refractivity contribution is 1.07. The second-order valence-electron chi connectivity index (χ2n) is 2.47. The number of anilines is 2. The number of hydrogen-bond acceptors (Lipinski definition) is 3. The lowest BCUT2D eigenvalue weighted by Crippen LogP contribution is -2.11. The van der Waals surface area contributed by atoms with Gasteiger partial charge in [0.05, 0.1) is 16.9 Å². The summed E-state index contributed by atoms with van der Waals surface area (Å²) < 4.78 is 0. The highest BCUT2D eigenvalue weighted by Gasteiger charge is 2.02. The van der Waals surface area contributed by atoms with Crippen LogP contribution in [0.2, 0.25) is 5.02 Å². The Morgan fingerprint density at radius 2 is 2.18 bits per heavy atom. The minimum atomic E-state index is 0.579. The van der Waals surface area contributed by atoms with Crippen LogP contribution in [0.15, 0.2) is 12.3 Å². The van der Waals surface area contributed by atoms with Gasteiger partial charge >= 0.3 is 0 Å². The van der Waals surface area contributed by atoms with Gasteiger partial charge in [0.2, 0.25) is 0 Å². The third kappa shape index (κ3) is 1.74. The van der Waals surface area contributed by atoms with Crippen molar-refractivity contribution in [2.45, 2.75) is 0 Å². The summed E-state index contributed by atoms with van der Waals surface area (Å²) in [6.45, 7) is 0. The van der Waals surface area contributed by atoms with Crippen molar-refractivity contribution in [3.05, 3.63) is 17.3 Å². The fourth-order valence-electron chi connectivity index (χ4n) is 0.775. The molecule has 0 aliphatic heterocycles. The van der Waals surface area contributed by atoms with E-state index in [4.69, 9.17) is 17.3 Å². The molecular formula is C7H10ClN3. The van der Waals surface area contributed by atoms with E-state index in [2.05, 4.69) is 4.98 Å². The van der Waals surface area contributed by atoms with Crippen LogP contribution in [0.4, 0.5) is 11.5 Å². The van der Waals surface area contributed by atoms with Crippen LogP contribution in [0.5, 0.6) is 0 Å². The van der Waals surface area contributed by atoms with Crippen LogP contribution in [0.1, 0.15) is 0 Å². The molecular weight excluding hydrogens is 162 g/mol. The van der Waals surface area contributed by atoms with Crippen molar-refractivity contribution in [3.8, 4) is 0 Å². The van der Waals surface area contributed by atoms with Gasteiger partial charge in [-0.3, -0.25) is 0 Å². The molecule has 11 heavy (non-hydrogen) atoms. The molecule has 0 spiro atoms. The van der Waals surface area contributed by atoms with Crippen molar-refractivity contribution >= 4 is 23.1 Å². The number of pyridine rings is 1. The van der Waals surface area contributed by atoms with Crippen molar-refractivity contribution in [1.82, 2.24) is 4.98 Å². The van der Waals surface area contributed by atoms with Crippen molar-refractivity contribution in [1.29, 1.82) is 0 Å². The summed E-state index contributed by atoms with van der Waals surface area (Å²) in [6.07, 6.45) is 1.58. The molecule has 3 nitrogen and oxygen atoms in total. The summed E-state index contributed by atoms with van der Waals surface area (Å²) in [5.41, 5.74) is 6.05. The number of nitrogens with two attached hydrogens (primary N) is 1. The molecule has 0 aliphatic rings. The molecule has 1 rings (SSSR count). The number of halogens is 1. The van der Waals surface area contributed by atoms with Gasteiger partial charge in [0.25, 0.3) is 0 Å². The van der Waals surface area contributed by atoms with Crippen LogP contribution in [-0.2, 0) is 0 Å². The highest BCUT2D eigenvalue weighted by molar-refractivity contribution is 6.33. The van der Waals surface area contributed by atoms with Gasteiger partial charge in [0.1, 0.15) is 5.82 Å². The van der Waals surface area contributed by atoms with Crippen LogP contribution < -0.4 is 10.6 Å². The summed E-state index contributed by atoms with van der Waals surface area (Å²) in [5, 5.41) is 0.579. The molecule has 0 saturated carbocycles. The average Bonchev–Trinajstić information content (AvgIpc) is 1.85. The Bertz CT molecular complexity index is 260. The largest absolute Gasteiger partial charge is 0.397 e. The standard InChI is InChI=1S/C7H10ClN3/c1-11(2)7-6(8)3-5(9)4-10-7/h3-4H,9H2,1-2H3. The highest BCUT2D eigenvalue weighted by atomic mass is 35.5. The van der Waals surface area contributed by atoms with E-state index in [1.54, 1.807) is 12.3 Å². The zero-order chi connectivity index (χ0) is 8.43. The third-order valence-electron chi connectivity index (χ3n) is 1.27. The molecule has 60 valence electrons. The fraction of sp³-hybridized carbons (Fsp3) is 0.286. The molecule has 0 aromatic carbocycles. The first-order valence-electron chi connectivity index (χ1n) is 3.19. The lowest BCUT2D eigenvalue weighted by atomic mass is 10.4. The number of rotatable bonds is 1. The number of nitrogen functional groups attached to an aromatic ring is 1. The van der Waals surface area contributed by atoms with E-state index in [0.717, 1.165) is 5.82 Å². The second-order valence-corrected chi connectivity index (χ2v) is 2.88. The molecule has 0 amide bonds. The summed E-state index contributed by atoms with van der Waals surface area (Å²) >= 11 is 5.84. The zero-order valence-electron chi connectivity index (χ0n) is 6.50. The Labute approximate surface area is 70.8 Å². The molecule has 0 saturated heterocycles. The molecule has 0 unspecified atom stereocenters. The van der Waals surface area contributed by atoms with Crippen molar-refractivity contribution < 1.29 is 0 Å². The van der Waals surface area contributed by atoms with Crippen LogP contribution in [0, 0.1) is 0 Å². The van der Waals surface area contributed by atoms with Crippen LogP contribution in [0.25, 0.3) is 0 Å². The molecule has 0 radical (unpaired) electrons. The van der Waals surface area contributed by atoms with Crippen LogP contribution in [-0.4, -0.2) is 19.1 Å². The maximum absolute atomic E-state index is 5.84. The Morgan fingerprint density at radius 1 is 1.55 bits per heavy atom. The Kier molecular flexibility index (Phi) is 2.19. The quantitative estimate of drug-likeness (QED) is 0.694. The van der Waals surface area contributed by atoms with Crippen molar-refractivity contribution in [2.24, 2.45) is 0 Å². The molecule has 0 fully saturated rings. The number of aromatic nitrogens is 1. The maximum Gasteiger partial charge on any atom is 0.146 e. The SMILES string of the molecule is CN(C)c1ncc(N)cc1Cl. The predicted molar refractivity (Wildman–Crippen MR) is 48.0 cm³/mol. The van der Waals surface area contributed by atoms with E-state index < -0.39 is 0 Å². The molecule has 1 aromatic heterocycles. The van der Waals surface area contributed by atoms with E-state index in [-0.39, 0.29) is 0 Å². The smallest absolute Gasteiger partial charge is 0.146 e. The van der Waals surface area contributed by atoms with Gasteiger partial charge in [-0.15, -0.1) is 0 Å². The second kappa shape index (κ2) is 2.96. The first-order chi connectivity index (χ1) is 5.11. The minimum absolute atomic E-state index is 0.579. The van der Waals surface area contributed by atoms with Gasteiger partial charge in [0, 0.05) is 14.1 Å². The fourth-order valence-corrected chi connectivity index (χ4v) is 1.12. The molecule has 0 atom stereocenters. The van der Waals surface area contributed by atoms with Gasteiger partial charge in [-0.1, -0.05) is 11.6 Å². The third-order valence-corrected chi connectivity index (χ3v) is 1.54. The molecule has 2 N–H and O–H groups in total. The van der Waals surface area contributed by atoms with Gasteiger partial charge in [-0.2, -0.15) is 0 Å². The Hall–Kier alpha value is -0.960. The first-order valence-corrected chi connectivity index (χ1v) is 3.57. The highest BCUT2D eigenvalue weighted by Crippen LogP contribution is 2.22. The minimum Gasteiger partial charge on any atom is -0.397 e. The van der Waals surface area contributed by atoms with E-state index >= 15 is 0 Å². The van der Waals surface area contributed by atoms with Crippen molar-refractivity contribution in [2.75, 3.05) is 24.7 Å². The van der Waals surface area contributed by atoms with Crippen molar-refractivity contribution in [3.63, 3.8) is 0 Å². The first kappa shape index (κ1) is 8.14. The topological polar surface area (TPSA) is 42.2 Å². The predicted octanol–water partition coefficient (Wildman–Crippen LogP) is 1.38.